The Morgan fingerprint density at radius 2 is 1.27 bits per heavy atom. The number of phenols is 1. The topological polar surface area (TPSA) is 57.6 Å². The van der Waals surface area contributed by atoms with E-state index in [9.17, 15) is 13.5 Å². The standard InChI is InChI=1S/C25H19NO3S/c27-19-14-16-20(17-15-19)30(28,29)26-24-13-7-6-11-22(24)21-10-4-5-12-23(21)25(26)18-8-2-1-3-9-18/h1-17,25,27H/t25-/m1/s1. The number of fused-ring (bicyclic) bond motifs is 3. The molecule has 1 aliphatic rings. The van der Waals surface area contributed by atoms with Gasteiger partial charge >= 0.3 is 0 Å². The normalized spacial score (nSPS) is 15.3. The second-order valence-corrected chi connectivity index (χ2v) is 9.03. The molecule has 0 unspecified atom stereocenters. The van der Waals surface area contributed by atoms with Crippen LogP contribution in [0.2, 0.25) is 0 Å². The van der Waals surface area contributed by atoms with Crippen molar-refractivity contribution in [2.24, 2.45) is 0 Å². The second-order valence-electron chi connectivity index (χ2n) is 7.21. The summed E-state index contributed by atoms with van der Waals surface area (Å²) in [4.78, 5) is 0.135. The molecule has 0 saturated carbocycles. The minimum atomic E-state index is -3.91. The van der Waals surface area contributed by atoms with Crippen molar-refractivity contribution in [3.8, 4) is 16.9 Å². The minimum absolute atomic E-state index is 0.0259. The van der Waals surface area contributed by atoms with Gasteiger partial charge in [-0.3, -0.25) is 4.31 Å². The molecule has 1 heterocycles. The fraction of sp³-hybridized carbons (Fsp3) is 0.0400. The number of aromatic hydroxyl groups is 1. The van der Waals surface area contributed by atoms with Crippen molar-refractivity contribution in [1.82, 2.24) is 0 Å². The SMILES string of the molecule is O=S(=O)(c1ccc(O)cc1)N1c2ccccc2-c2ccccc2[C@H]1c1ccccc1. The van der Waals surface area contributed by atoms with Gasteiger partial charge in [0.15, 0.2) is 0 Å². The number of para-hydroxylation sites is 1. The van der Waals surface area contributed by atoms with Crippen molar-refractivity contribution in [1.29, 1.82) is 0 Å². The number of phenolic OH excluding ortho intramolecular Hbond substituents is 1. The van der Waals surface area contributed by atoms with Crippen LogP contribution in [0.4, 0.5) is 5.69 Å². The maximum Gasteiger partial charge on any atom is 0.265 e. The van der Waals surface area contributed by atoms with Crippen LogP contribution in [-0.2, 0) is 10.0 Å². The number of anilines is 1. The van der Waals surface area contributed by atoms with E-state index in [-0.39, 0.29) is 10.6 Å². The number of sulfonamides is 1. The largest absolute Gasteiger partial charge is 0.508 e. The molecule has 4 nitrogen and oxygen atoms in total. The third-order valence-corrected chi connectivity index (χ3v) is 7.22. The summed E-state index contributed by atoms with van der Waals surface area (Å²) >= 11 is 0. The number of hydrogen-bond donors (Lipinski definition) is 1. The van der Waals surface area contributed by atoms with Gasteiger partial charge < -0.3 is 5.11 Å². The maximum absolute atomic E-state index is 13.9. The molecule has 0 fully saturated rings. The summed E-state index contributed by atoms with van der Waals surface area (Å²) in [6.45, 7) is 0. The van der Waals surface area contributed by atoms with Crippen LogP contribution in [0.5, 0.6) is 5.75 Å². The molecule has 4 aromatic carbocycles. The first-order valence-corrected chi connectivity index (χ1v) is 11.1. The van der Waals surface area contributed by atoms with Crippen LogP contribution in [0.3, 0.4) is 0 Å². The van der Waals surface area contributed by atoms with Crippen molar-refractivity contribution < 1.29 is 13.5 Å². The van der Waals surface area contributed by atoms with Crippen LogP contribution in [0.15, 0.2) is 108 Å². The van der Waals surface area contributed by atoms with Gasteiger partial charge in [0.05, 0.1) is 16.6 Å². The van der Waals surface area contributed by atoms with Crippen LogP contribution in [0.1, 0.15) is 17.2 Å². The van der Waals surface area contributed by atoms with Crippen molar-refractivity contribution in [3.63, 3.8) is 0 Å². The lowest BCUT2D eigenvalue weighted by Crippen LogP contribution is -2.38. The molecule has 148 valence electrons. The molecule has 1 aliphatic heterocycles. The van der Waals surface area contributed by atoms with Gasteiger partial charge in [-0.2, -0.15) is 0 Å². The molecule has 1 N–H and O–H groups in total. The Labute approximate surface area is 175 Å². The molecule has 0 saturated heterocycles. The van der Waals surface area contributed by atoms with E-state index in [1.807, 2.05) is 78.9 Å². The molecule has 0 radical (unpaired) electrons. The summed E-state index contributed by atoms with van der Waals surface area (Å²) in [6.07, 6.45) is 0. The lowest BCUT2D eigenvalue weighted by Gasteiger charge is -2.39. The van der Waals surface area contributed by atoms with Crippen LogP contribution >= 0.6 is 0 Å². The van der Waals surface area contributed by atoms with E-state index in [0.29, 0.717) is 5.69 Å². The van der Waals surface area contributed by atoms with E-state index in [4.69, 9.17) is 0 Å². The van der Waals surface area contributed by atoms with E-state index >= 15 is 0 Å². The fourth-order valence-corrected chi connectivity index (χ4v) is 5.73. The Morgan fingerprint density at radius 1 is 0.667 bits per heavy atom. The first kappa shape index (κ1) is 18.5. The van der Waals surface area contributed by atoms with Gasteiger partial charge in [-0.05, 0) is 47.0 Å². The summed E-state index contributed by atoms with van der Waals surface area (Å²) in [5.41, 5.74) is 4.37. The van der Waals surface area contributed by atoms with Crippen LogP contribution in [0.25, 0.3) is 11.1 Å². The van der Waals surface area contributed by atoms with Gasteiger partial charge in [0.1, 0.15) is 5.75 Å². The fourth-order valence-electron chi connectivity index (χ4n) is 4.09. The predicted octanol–water partition coefficient (Wildman–Crippen LogP) is 5.36. The molecule has 30 heavy (non-hydrogen) atoms. The zero-order valence-electron chi connectivity index (χ0n) is 16.0. The van der Waals surface area contributed by atoms with Crippen LogP contribution < -0.4 is 4.31 Å². The summed E-state index contributed by atoms with van der Waals surface area (Å²) in [6, 6.07) is 30.4. The van der Waals surface area contributed by atoms with Gasteiger partial charge in [-0.1, -0.05) is 72.8 Å². The highest BCUT2D eigenvalue weighted by Gasteiger charge is 2.39. The van der Waals surface area contributed by atoms with Crippen molar-refractivity contribution in [2.75, 3.05) is 4.31 Å². The molecular formula is C25H19NO3S. The van der Waals surface area contributed by atoms with Crippen molar-refractivity contribution >= 4 is 15.7 Å². The Bertz CT molecular complexity index is 1320. The lowest BCUT2D eigenvalue weighted by atomic mass is 9.86. The first-order chi connectivity index (χ1) is 14.6. The second kappa shape index (κ2) is 7.04. The van der Waals surface area contributed by atoms with E-state index < -0.39 is 16.1 Å². The summed E-state index contributed by atoms with van der Waals surface area (Å²) in [7, 11) is -3.91. The van der Waals surface area contributed by atoms with Gasteiger partial charge in [-0.15, -0.1) is 0 Å². The van der Waals surface area contributed by atoms with E-state index in [1.54, 1.807) is 0 Å². The van der Waals surface area contributed by atoms with Gasteiger partial charge in [0, 0.05) is 5.56 Å². The molecule has 5 rings (SSSR count). The van der Waals surface area contributed by atoms with E-state index in [2.05, 4.69) is 0 Å². The lowest BCUT2D eigenvalue weighted by molar-refractivity contribution is 0.474. The molecule has 0 bridgehead atoms. The molecule has 0 spiro atoms. The maximum atomic E-state index is 13.9. The van der Waals surface area contributed by atoms with E-state index in [0.717, 1.165) is 22.3 Å². The quantitative estimate of drug-likeness (QED) is 0.492. The smallest absolute Gasteiger partial charge is 0.265 e. The van der Waals surface area contributed by atoms with Crippen LogP contribution in [0, 0.1) is 0 Å². The third-order valence-electron chi connectivity index (χ3n) is 5.43. The molecule has 0 aliphatic carbocycles. The molecule has 1 atom stereocenters. The van der Waals surface area contributed by atoms with Crippen LogP contribution in [-0.4, -0.2) is 13.5 Å². The van der Waals surface area contributed by atoms with Crippen molar-refractivity contribution in [3.05, 3.63) is 114 Å². The Balaban J connectivity index is 1.82. The number of benzene rings is 4. The Kier molecular flexibility index (Phi) is 4.33. The first-order valence-electron chi connectivity index (χ1n) is 9.64. The summed E-state index contributed by atoms with van der Waals surface area (Å²) < 4.78 is 29.3. The third kappa shape index (κ3) is 2.86. The highest BCUT2D eigenvalue weighted by atomic mass is 32.2. The Hall–Kier alpha value is -3.57. The molecular weight excluding hydrogens is 394 g/mol. The molecule has 4 aromatic rings. The predicted molar refractivity (Wildman–Crippen MR) is 118 cm³/mol. The van der Waals surface area contributed by atoms with Gasteiger partial charge in [0.2, 0.25) is 0 Å². The van der Waals surface area contributed by atoms with Crippen molar-refractivity contribution in [2.45, 2.75) is 10.9 Å². The monoisotopic (exact) mass is 413 g/mol. The van der Waals surface area contributed by atoms with Gasteiger partial charge in [0.25, 0.3) is 10.0 Å². The minimum Gasteiger partial charge on any atom is -0.508 e. The number of nitrogens with zero attached hydrogens (tertiary/aromatic N) is 1. The molecule has 5 heteroatoms. The zero-order valence-corrected chi connectivity index (χ0v) is 16.8. The number of rotatable bonds is 3. The molecule has 0 aromatic heterocycles. The number of hydrogen-bond acceptors (Lipinski definition) is 3. The Morgan fingerprint density at radius 3 is 2.00 bits per heavy atom. The summed E-state index contributed by atoms with van der Waals surface area (Å²) in [5, 5.41) is 9.64. The average Bonchev–Trinajstić information content (AvgIpc) is 2.79. The highest BCUT2D eigenvalue weighted by Crippen LogP contribution is 2.49. The molecule has 0 amide bonds. The van der Waals surface area contributed by atoms with Gasteiger partial charge in [-0.25, -0.2) is 8.42 Å². The zero-order chi connectivity index (χ0) is 20.7. The highest BCUT2D eigenvalue weighted by molar-refractivity contribution is 7.92. The average molecular weight is 413 g/mol. The van der Waals surface area contributed by atoms with E-state index in [1.165, 1.54) is 28.6 Å². The summed E-state index contributed by atoms with van der Waals surface area (Å²) in [5.74, 6) is 0.0259.